The lowest BCUT2D eigenvalue weighted by atomic mass is 10.1. The molecule has 0 saturated carbocycles. The van der Waals surface area contributed by atoms with Gasteiger partial charge in [-0.25, -0.2) is 4.79 Å². The van der Waals surface area contributed by atoms with Gasteiger partial charge in [-0.15, -0.1) is 0 Å². The van der Waals surface area contributed by atoms with E-state index in [9.17, 15) is 14.4 Å². The van der Waals surface area contributed by atoms with Crippen molar-refractivity contribution in [3.63, 3.8) is 0 Å². The normalized spacial score (nSPS) is 10.4. The lowest BCUT2D eigenvalue weighted by Crippen LogP contribution is -2.16. The highest BCUT2D eigenvalue weighted by molar-refractivity contribution is 6.11. The summed E-state index contributed by atoms with van der Waals surface area (Å²) in [6.07, 6.45) is 7.95. The van der Waals surface area contributed by atoms with E-state index in [1.54, 1.807) is 48.5 Å². The van der Waals surface area contributed by atoms with Crippen molar-refractivity contribution in [3.8, 4) is 0 Å². The Labute approximate surface area is 178 Å². The highest BCUT2D eigenvalue weighted by atomic mass is 16.5. The third-order valence-electron chi connectivity index (χ3n) is 4.80. The van der Waals surface area contributed by atoms with Gasteiger partial charge in [0.15, 0.2) is 5.78 Å². The number of amides is 1. The number of carbonyl (C=O) groups is 3. The number of anilines is 1. The van der Waals surface area contributed by atoms with Gasteiger partial charge in [0.05, 0.1) is 18.6 Å². The molecule has 0 saturated heterocycles. The van der Waals surface area contributed by atoms with Crippen molar-refractivity contribution in [2.75, 3.05) is 11.9 Å². The zero-order valence-electron chi connectivity index (χ0n) is 17.7. The van der Waals surface area contributed by atoms with Crippen LogP contribution in [0, 0.1) is 0 Å². The Hall–Kier alpha value is -2.95. The van der Waals surface area contributed by atoms with Crippen molar-refractivity contribution >= 4 is 23.3 Å². The molecule has 2 aromatic rings. The van der Waals surface area contributed by atoms with Gasteiger partial charge in [0.2, 0.25) is 5.91 Å². The Morgan fingerprint density at radius 2 is 1.40 bits per heavy atom. The summed E-state index contributed by atoms with van der Waals surface area (Å²) in [6.45, 7) is 2.62. The van der Waals surface area contributed by atoms with E-state index in [1.807, 2.05) is 6.07 Å². The SMILES string of the molecule is CCCCCCCCCOC(=O)c1ccc(NC(=O)CC(=O)c2ccccc2)cc1. The summed E-state index contributed by atoms with van der Waals surface area (Å²) in [6, 6.07) is 15.2. The number of unbranched alkanes of at least 4 members (excludes halogenated alkanes) is 6. The number of rotatable bonds is 13. The van der Waals surface area contributed by atoms with Gasteiger partial charge >= 0.3 is 5.97 Å². The minimum absolute atomic E-state index is 0.230. The summed E-state index contributed by atoms with van der Waals surface area (Å²) in [7, 11) is 0. The first-order valence-corrected chi connectivity index (χ1v) is 10.8. The number of esters is 1. The highest BCUT2D eigenvalue weighted by Gasteiger charge is 2.12. The first-order chi connectivity index (χ1) is 14.6. The standard InChI is InChI=1S/C25H31NO4/c1-2-3-4-5-6-7-11-18-30-25(29)21-14-16-22(17-15-21)26-24(28)19-23(27)20-12-9-8-10-13-20/h8-10,12-17H,2-7,11,18-19H2,1H3,(H,26,28). The van der Waals surface area contributed by atoms with E-state index in [0.29, 0.717) is 23.4 Å². The number of benzene rings is 2. The molecule has 160 valence electrons. The zero-order chi connectivity index (χ0) is 21.6. The summed E-state index contributed by atoms with van der Waals surface area (Å²) in [5, 5.41) is 2.68. The first-order valence-electron chi connectivity index (χ1n) is 10.8. The van der Waals surface area contributed by atoms with Crippen LogP contribution in [0.1, 0.15) is 79.0 Å². The van der Waals surface area contributed by atoms with Crippen molar-refractivity contribution in [1.29, 1.82) is 0 Å². The van der Waals surface area contributed by atoms with Crippen molar-refractivity contribution < 1.29 is 19.1 Å². The number of hydrogen-bond donors (Lipinski definition) is 1. The van der Waals surface area contributed by atoms with E-state index in [-0.39, 0.29) is 18.2 Å². The average Bonchev–Trinajstić information content (AvgIpc) is 2.76. The number of nitrogens with one attached hydrogen (secondary N) is 1. The van der Waals surface area contributed by atoms with E-state index >= 15 is 0 Å². The molecule has 2 rings (SSSR count). The van der Waals surface area contributed by atoms with Crippen molar-refractivity contribution in [1.82, 2.24) is 0 Å². The van der Waals surface area contributed by atoms with E-state index in [4.69, 9.17) is 4.74 Å². The Morgan fingerprint density at radius 1 is 0.767 bits per heavy atom. The maximum atomic E-state index is 12.1. The molecule has 0 aliphatic carbocycles. The number of carbonyl (C=O) groups excluding carboxylic acids is 3. The summed E-state index contributed by atoms with van der Waals surface area (Å²) in [5.74, 6) is -0.991. The minimum Gasteiger partial charge on any atom is -0.462 e. The van der Waals surface area contributed by atoms with Crippen LogP contribution in [0.3, 0.4) is 0 Å². The zero-order valence-corrected chi connectivity index (χ0v) is 17.7. The Balaban J connectivity index is 1.69. The molecule has 5 heteroatoms. The quantitative estimate of drug-likeness (QED) is 0.196. The molecule has 0 aromatic heterocycles. The van der Waals surface area contributed by atoms with Gasteiger partial charge in [-0.1, -0.05) is 75.8 Å². The average molecular weight is 410 g/mol. The molecule has 0 atom stereocenters. The number of ketones is 1. The number of hydrogen-bond acceptors (Lipinski definition) is 4. The third-order valence-corrected chi connectivity index (χ3v) is 4.80. The number of Topliss-reactive ketones (excluding diaryl/α,β-unsaturated/α-hetero) is 1. The molecule has 0 bridgehead atoms. The van der Waals surface area contributed by atoms with E-state index in [2.05, 4.69) is 12.2 Å². The van der Waals surface area contributed by atoms with Gasteiger partial charge in [0, 0.05) is 11.3 Å². The molecule has 0 aliphatic heterocycles. The lowest BCUT2D eigenvalue weighted by molar-refractivity contribution is -0.115. The molecule has 0 unspecified atom stereocenters. The molecule has 0 heterocycles. The van der Waals surface area contributed by atoms with E-state index in [1.165, 1.54) is 32.1 Å². The van der Waals surface area contributed by atoms with Gasteiger partial charge in [0.1, 0.15) is 0 Å². The maximum Gasteiger partial charge on any atom is 0.338 e. The fraction of sp³-hybridized carbons (Fsp3) is 0.400. The largest absolute Gasteiger partial charge is 0.462 e. The second-order valence-corrected chi connectivity index (χ2v) is 7.35. The van der Waals surface area contributed by atoms with Crippen LogP contribution in [-0.4, -0.2) is 24.3 Å². The van der Waals surface area contributed by atoms with Gasteiger partial charge < -0.3 is 10.1 Å². The van der Waals surface area contributed by atoms with Crippen LogP contribution in [0.4, 0.5) is 5.69 Å². The van der Waals surface area contributed by atoms with Crippen LogP contribution >= 0.6 is 0 Å². The van der Waals surface area contributed by atoms with Gasteiger partial charge in [-0.05, 0) is 30.7 Å². The van der Waals surface area contributed by atoms with Crippen LogP contribution in [0.5, 0.6) is 0 Å². The van der Waals surface area contributed by atoms with Crippen LogP contribution in [0.25, 0.3) is 0 Å². The van der Waals surface area contributed by atoms with E-state index in [0.717, 1.165) is 12.8 Å². The molecule has 0 aliphatic rings. The molecule has 0 fully saturated rings. The maximum absolute atomic E-state index is 12.1. The molecule has 1 N–H and O–H groups in total. The Kier molecular flexibility index (Phi) is 10.3. The molecular weight excluding hydrogens is 378 g/mol. The predicted octanol–water partition coefficient (Wildman–Crippen LogP) is 5.81. The Morgan fingerprint density at radius 3 is 2.07 bits per heavy atom. The minimum atomic E-state index is -0.391. The second-order valence-electron chi connectivity index (χ2n) is 7.35. The first kappa shape index (κ1) is 23.3. The fourth-order valence-corrected chi connectivity index (χ4v) is 3.07. The molecule has 0 radical (unpaired) electrons. The van der Waals surface area contributed by atoms with Crippen LogP contribution in [0.2, 0.25) is 0 Å². The molecular formula is C25H31NO4. The smallest absolute Gasteiger partial charge is 0.338 e. The van der Waals surface area contributed by atoms with Gasteiger partial charge in [0.25, 0.3) is 0 Å². The summed E-state index contributed by atoms with van der Waals surface area (Å²) in [5.41, 5.74) is 1.48. The predicted molar refractivity (Wildman–Crippen MR) is 119 cm³/mol. The monoisotopic (exact) mass is 409 g/mol. The van der Waals surface area contributed by atoms with Crippen molar-refractivity contribution in [3.05, 3.63) is 65.7 Å². The molecule has 0 spiro atoms. The van der Waals surface area contributed by atoms with Crippen LogP contribution in [0.15, 0.2) is 54.6 Å². The van der Waals surface area contributed by atoms with Crippen molar-refractivity contribution in [2.24, 2.45) is 0 Å². The summed E-state index contributed by atoms with van der Waals surface area (Å²) >= 11 is 0. The van der Waals surface area contributed by atoms with Crippen molar-refractivity contribution in [2.45, 2.75) is 58.3 Å². The third kappa shape index (κ3) is 8.60. The van der Waals surface area contributed by atoms with Crippen LogP contribution < -0.4 is 5.32 Å². The molecule has 1 amide bonds. The summed E-state index contributed by atoms with van der Waals surface area (Å²) < 4.78 is 5.31. The fourth-order valence-electron chi connectivity index (χ4n) is 3.07. The summed E-state index contributed by atoms with van der Waals surface area (Å²) in [4.78, 5) is 36.3. The van der Waals surface area contributed by atoms with E-state index < -0.39 is 5.91 Å². The molecule has 30 heavy (non-hydrogen) atoms. The highest BCUT2D eigenvalue weighted by Crippen LogP contribution is 2.13. The second kappa shape index (κ2) is 13.3. The number of ether oxygens (including phenoxy) is 1. The lowest BCUT2D eigenvalue weighted by Gasteiger charge is -2.07. The van der Waals surface area contributed by atoms with Gasteiger partial charge in [-0.2, -0.15) is 0 Å². The van der Waals surface area contributed by atoms with Gasteiger partial charge in [-0.3, -0.25) is 9.59 Å². The topological polar surface area (TPSA) is 72.5 Å². The molecule has 2 aromatic carbocycles. The Bertz CT molecular complexity index is 800. The molecule has 5 nitrogen and oxygen atoms in total. The van der Waals surface area contributed by atoms with Crippen LogP contribution in [-0.2, 0) is 9.53 Å².